The Morgan fingerprint density at radius 2 is 1.33 bits per heavy atom. The number of sulfone groups is 1. The summed E-state index contributed by atoms with van der Waals surface area (Å²) in [5.41, 5.74) is 1.96. The molecule has 1 aliphatic heterocycles. The standard InChI is InChI=1S/C15H14O4S2/c1-11-3-7-13(8-4-11)20(16,17)15-19-21(15,18)14-9-5-12(2)6-10-14/h3-10H,1-2H3. The molecule has 0 aliphatic carbocycles. The van der Waals surface area contributed by atoms with Crippen LogP contribution in [-0.2, 0) is 23.8 Å². The predicted molar refractivity (Wildman–Crippen MR) is 82.0 cm³/mol. The molecule has 0 N–H and O–H groups in total. The molecule has 0 amide bonds. The quantitative estimate of drug-likeness (QED) is 0.797. The summed E-state index contributed by atoms with van der Waals surface area (Å²) in [7, 11) is -6.88. The van der Waals surface area contributed by atoms with Crippen molar-refractivity contribution in [3.63, 3.8) is 0 Å². The highest BCUT2D eigenvalue weighted by atomic mass is 32.3. The molecule has 1 atom stereocenters. The first-order valence-electron chi connectivity index (χ1n) is 6.33. The fraction of sp³-hybridized carbons (Fsp3) is 0.133. The van der Waals surface area contributed by atoms with Crippen molar-refractivity contribution < 1.29 is 16.8 Å². The van der Waals surface area contributed by atoms with Gasteiger partial charge < -0.3 is 0 Å². The molecule has 2 aromatic rings. The van der Waals surface area contributed by atoms with Gasteiger partial charge in [-0.05, 0) is 38.1 Å². The van der Waals surface area contributed by atoms with E-state index in [0.717, 1.165) is 11.1 Å². The van der Waals surface area contributed by atoms with E-state index in [0.29, 0.717) is 4.90 Å². The Balaban J connectivity index is 2.09. The summed E-state index contributed by atoms with van der Waals surface area (Å²) in [6, 6.07) is 13.2. The second-order valence-corrected chi connectivity index (χ2v) is 9.09. The van der Waals surface area contributed by atoms with Crippen LogP contribution in [-0.4, -0.2) is 17.0 Å². The first-order valence-corrected chi connectivity index (χ1v) is 9.30. The van der Waals surface area contributed by atoms with Gasteiger partial charge in [0, 0.05) is 0 Å². The van der Waals surface area contributed by atoms with Crippen LogP contribution in [0.4, 0.5) is 0 Å². The highest BCUT2D eigenvalue weighted by Gasteiger charge is 2.45. The molecule has 110 valence electrons. The third kappa shape index (κ3) is 2.39. The van der Waals surface area contributed by atoms with E-state index in [1.807, 2.05) is 13.8 Å². The maximum atomic E-state index is 12.6. The predicted octanol–water partition coefficient (Wildman–Crippen LogP) is 2.45. The van der Waals surface area contributed by atoms with Gasteiger partial charge in [0.1, 0.15) is 0 Å². The zero-order valence-corrected chi connectivity index (χ0v) is 13.2. The van der Waals surface area contributed by atoms with E-state index in [1.165, 1.54) is 12.1 Å². The summed E-state index contributed by atoms with van der Waals surface area (Å²) >= 11 is 0. The number of hydrogen-bond donors (Lipinski definition) is 0. The second kappa shape index (κ2) is 4.69. The maximum Gasteiger partial charge on any atom is 0.271 e. The van der Waals surface area contributed by atoms with E-state index in [1.54, 1.807) is 36.4 Å². The van der Waals surface area contributed by atoms with E-state index in [4.69, 9.17) is 4.18 Å². The normalized spacial score (nSPS) is 21.3. The lowest BCUT2D eigenvalue weighted by Crippen LogP contribution is -2.07. The Morgan fingerprint density at radius 1 is 0.857 bits per heavy atom. The number of rotatable bonds is 2. The van der Waals surface area contributed by atoms with Gasteiger partial charge in [0.25, 0.3) is 4.38 Å². The van der Waals surface area contributed by atoms with E-state index in [2.05, 4.69) is 0 Å². The van der Waals surface area contributed by atoms with Crippen molar-refractivity contribution in [3.8, 4) is 0 Å². The third-order valence-electron chi connectivity index (χ3n) is 3.26. The van der Waals surface area contributed by atoms with Crippen LogP contribution in [0.25, 0.3) is 0 Å². The zero-order chi connectivity index (χ0) is 15.3. The van der Waals surface area contributed by atoms with E-state index in [9.17, 15) is 12.6 Å². The highest BCUT2D eigenvalue weighted by Crippen LogP contribution is 2.32. The molecule has 0 fully saturated rings. The Kier molecular flexibility index (Phi) is 3.20. The SMILES string of the molecule is Cc1ccc(S(=O)(=O)C2=S(=O)(c3ccc(C)cc3)O2)cc1. The fourth-order valence-electron chi connectivity index (χ4n) is 1.94. The van der Waals surface area contributed by atoms with Gasteiger partial charge in [-0.1, -0.05) is 35.4 Å². The third-order valence-corrected chi connectivity index (χ3v) is 7.76. The van der Waals surface area contributed by atoms with Crippen LogP contribution in [0.5, 0.6) is 0 Å². The van der Waals surface area contributed by atoms with Gasteiger partial charge in [-0.3, -0.25) is 0 Å². The lowest BCUT2D eigenvalue weighted by molar-refractivity contribution is 0.589. The lowest BCUT2D eigenvalue weighted by atomic mass is 10.2. The van der Waals surface area contributed by atoms with Crippen LogP contribution in [0.3, 0.4) is 0 Å². The smallest absolute Gasteiger partial charge is 0.231 e. The number of aryl methyl sites for hydroxylation is 2. The first kappa shape index (κ1) is 14.3. The average Bonchev–Trinajstić information content (AvgIpc) is 3.14. The summed E-state index contributed by atoms with van der Waals surface area (Å²) in [6.45, 7) is 3.77. The van der Waals surface area contributed by atoms with Gasteiger partial charge in [-0.25, -0.2) is 16.8 Å². The molecule has 0 saturated heterocycles. The molecule has 0 saturated carbocycles. The Labute approximate surface area is 124 Å². The lowest BCUT2D eigenvalue weighted by Gasteiger charge is -1.97. The Hall–Kier alpha value is -1.63. The molecule has 3 rings (SSSR count). The minimum atomic E-state index is -3.83. The topological polar surface area (TPSA) is 63.7 Å². The van der Waals surface area contributed by atoms with E-state index in [-0.39, 0.29) is 9.28 Å². The molecular weight excluding hydrogens is 308 g/mol. The fourth-order valence-corrected chi connectivity index (χ4v) is 6.13. The molecule has 0 aromatic heterocycles. The minimum absolute atomic E-state index is 0.0976. The van der Waals surface area contributed by atoms with Crippen molar-refractivity contribution in [2.75, 3.05) is 0 Å². The number of hydrogen-bond acceptors (Lipinski definition) is 4. The van der Waals surface area contributed by atoms with Gasteiger partial charge in [0.2, 0.25) is 9.84 Å². The molecule has 21 heavy (non-hydrogen) atoms. The molecular formula is C15H14O4S2. The van der Waals surface area contributed by atoms with Gasteiger partial charge >= 0.3 is 0 Å². The van der Waals surface area contributed by atoms with Crippen molar-refractivity contribution in [2.45, 2.75) is 23.6 Å². The highest BCUT2D eigenvalue weighted by molar-refractivity contribution is 8.27. The van der Waals surface area contributed by atoms with Gasteiger partial charge in [0.05, 0.1) is 9.79 Å². The Bertz CT molecular complexity index is 849. The molecule has 6 heteroatoms. The van der Waals surface area contributed by atoms with Gasteiger partial charge in [0.15, 0.2) is 9.80 Å². The molecule has 0 bridgehead atoms. The van der Waals surface area contributed by atoms with Crippen LogP contribution < -0.4 is 0 Å². The van der Waals surface area contributed by atoms with Crippen LogP contribution in [0.2, 0.25) is 0 Å². The molecule has 4 nitrogen and oxygen atoms in total. The van der Waals surface area contributed by atoms with Crippen LogP contribution >= 0.6 is 0 Å². The van der Waals surface area contributed by atoms with Crippen LogP contribution in [0, 0.1) is 13.8 Å². The maximum absolute atomic E-state index is 12.6. The average molecular weight is 322 g/mol. The summed E-state index contributed by atoms with van der Waals surface area (Å²) in [5.74, 6) is 0. The van der Waals surface area contributed by atoms with Crippen molar-refractivity contribution in [1.82, 2.24) is 0 Å². The van der Waals surface area contributed by atoms with E-state index >= 15 is 0 Å². The van der Waals surface area contributed by atoms with Crippen molar-refractivity contribution in [2.24, 2.45) is 0 Å². The monoisotopic (exact) mass is 322 g/mol. The molecule has 1 aliphatic rings. The van der Waals surface area contributed by atoms with Gasteiger partial charge in [-0.15, -0.1) is 0 Å². The molecule has 2 aromatic carbocycles. The molecule has 0 radical (unpaired) electrons. The summed E-state index contributed by atoms with van der Waals surface area (Å²) in [6.07, 6.45) is 0. The van der Waals surface area contributed by atoms with Crippen molar-refractivity contribution >= 4 is 24.0 Å². The first-order chi connectivity index (χ1) is 9.84. The second-order valence-electron chi connectivity index (χ2n) is 4.97. The number of benzene rings is 2. The van der Waals surface area contributed by atoms with E-state index < -0.39 is 19.6 Å². The van der Waals surface area contributed by atoms with Gasteiger partial charge in [-0.2, -0.15) is 0 Å². The minimum Gasteiger partial charge on any atom is -0.231 e. The summed E-state index contributed by atoms with van der Waals surface area (Å²) < 4.78 is 42.1. The Morgan fingerprint density at radius 3 is 1.86 bits per heavy atom. The molecule has 1 heterocycles. The summed E-state index contributed by atoms with van der Waals surface area (Å²) in [5, 5.41) is 0. The van der Waals surface area contributed by atoms with Crippen molar-refractivity contribution in [3.05, 3.63) is 59.7 Å². The van der Waals surface area contributed by atoms with Crippen LogP contribution in [0.15, 0.2) is 58.3 Å². The van der Waals surface area contributed by atoms with Crippen molar-refractivity contribution in [1.29, 1.82) is 0 Å². The largest absolute Gasteiger partial charge is 0.271 e. The molecule has 0 spiro atoms. The van der Waals surface area contributed by atoms with Crippen LogP contribution in [0.1, 0.15) is 11.1 Å². The molecule has 1 unspecified atom stereocenters. The summed E-state index contributed by atoms with van der Waals surface area (Å²) in [4.78, 5) is 0.485. The zero-order valence-electron chi connectivity index (χ0n) is 11.6.